The molecule has 0 rings (SSSR count). The van der Waals surface area contributed by atoms with E-state index in [1.54, 1.807) is 0 Å². The van der Waals surface area contributed by atoms with Gasteiger partial charge in [0.1, 0.15) is 19.8 Å². The van der Waals surface area contributed by atoms with Crippen LogP contribution in [0.2, 0.25) is 0 Å². The van der Waals surface area contributed by atoms with Gasteiger partial charge in [0.05, 0.1) is 27.7 Å². The minimum absolute atomic E-state index is 0.0381. The molecular formula is C70H128NO8P. The van der Waals surface area contributed by atoms with Gasteiger partial charge in [-0.3, -0.25) is 14.2 Å². The van der Waals surface area contributed by atoms with Crippen LogP contribution in [-0.2, 0) is 32.7 Å². The van der Waals surface area contributed by atoms with Crippen LogP contribution in [0.15, 0.2) is 72.9 Å². The highest BCUT2D eigenvalue weighted by atomic mass is 31.2. The average Bonchev–Trinajstić information content (AvgIpc) is 3.42. The minimum Gasteiger partial charge on any atom is -0.756 e. The zero-order chi connectivity index (χ0) is 58.4. The van der Waals surface area contributed by atoms with E-state index in [2.05, 4.69) is 86.8 Å². The molecule has 0 radical (unpaired) electrons. The smallest absolute Gasteiger partial charge is 0.306 e. The highest BCUT2D eigenvalue weighted by Crippen LogP contribution is 2.38. The van der Waals surface area contributed by atoms with Gasteiger partial charge < -0.3 is 27.9 Å². The van der Waals surface area contributed by atoms with E-state index in [1.807, 2.05) is 21.1 Å². The lowest BCUT2D eigenvalue weighted by molar-refractivity contribution is -0.870. The maximum Gasteiger partial charge on any atom is 0.306 e. The fraction of sp³-hybridized carbons (Fsp3) is 0.800. The number of ether oxygens (including phenoxy) is 2. The van der Waals surface area contributed by atoms with Crippen LogP contribution in [-0.4, -0.2) is 70.0 Å². The number of rotatable bonds is 62. The number of hydrogen-bond donors (Lipinski definition) is 0. The first-order valence-corrected chi connectivity index (χ1v) is 35.1. The van der Waals surface area contributed by atoms with E-state index >= 15 is 0 Å². The maximum absolute atomic E-state index is 12.8. The van der Waals surface area contributed by atoms with Gasteiger partial charge in [0.25, 0.3) is 7.82 Å². The summed E-state index contributed by atoms with van der Waals surface area (Å²) in [6.07, 6.45) is 81.3. The second-order valence-corrected chi connectivity index (χ2v) is 25.2. The van der Waals surface area contributed by atoms with Gasteiger partial charge in [-0.15, -0.1) is 0 Å². The van der Waals surface area contributed by atoms with Crippen LogP contribution in [0.1, 0.15) is 309 Å². The van der Waals surface area contributed by atoms with Gasteiger partial charge >= 0.3 is 11.9 Å². The number of phosphoric ester groups is 1. The van der Waals surface area contributed by atoms with Gasteiger partial charge in [-0.2, -0.15) is 0 Å². The maximum atomic E-state index is 12.8. The Kier molecular flexibility index (Phi) is 59.1. The Bertz CT molecular complexity index is 1580. The third kappa shape index (κ3) is 64.6. The molecule has 0 aliphatic heterocycles. The molecule has 0 N–H and O–H groups in total. The summed E-state index contributed by atoms with van der Waals surface area (Å²) in [7, 11) is 1.15. The average molecular weight is 1140 g/mol. The molecule has 0 aromatic heterocycles. The number of nitrogens with zero attached hydrogens (tertiary/aromatic N) is 1. The van der Waals surface area contributed by atoms with Crippen molar-refractivity contribution in [3.8, 4) is 0 Å². The second kappa shape index (κ2) is 61.0. The number of likely N-dealkylation sites (N-methyl/N-ethyl adjacent to an activating group) is 1. The Morgan fingerprint density at radius 2 is 0.713 bits per heavy atom. The summed E-state index contributed by atoms with van der Waals surface area (Å²) >= 11 is 0. The SMILES string of the molecule is CC/C=C\C/C=C\C/C=C\C/C=C\C/C=C\C/C=C\CCCCCCC(=O)OC(COC(=O)CCCCCCCCCCCCCCCCCCCCCCCCCCCCCCCCCCC)COP(=O)([O-])OCC[N+](C)(C)C. The van der Waals surface area contributed by atoms with Crippen molar-refractivity contribution in [3.63, 3.8) is 0 Å². The molecule has 0 saturated carbocycles. The molecule has 0 fully saturated rings. The van der Waals surface area contributed by atoms with E-state index in [4.69, 9.17) is 18.5 Å². The Morgan fingerprint density at radius 3 is 1.06 bits per heavy atom. The molecule has 0 spiro atoms. The zero-order valence-electron chi connectivity index (χ0n) is 53.0. The molecule has 0 amide bonds. The Labute approximate surface area is 495 Å². The molecule has 0 aliphatic rings. The number of carbonyl (C=O) groups excluding carboxylic acids is 2. The lowest BCUT2D eigenvalue weighted by atomic mass is 10.0. The number of carbonyl (C=O) groups is 2. The van der Waals surface area contributed by atoms with Gasteiger partial charge in [0.15, 0.2) is 6.10 Å². The third-order valence-corrected chi connectivity index (χ3v) is 15.7. The molecular weight excluding hydrogens is 1010 g/mol. The first-order chi connectivity index (χ1) is 39.0. The zero-order valence-corrected chi connectivity index (χ0v) is 53.9. The normalized spacial score (nSPS) is 13.6. The predicted octanol–water partition coefficient (Wildman–Crippen LogP) is 21.0. The van der Waals surface area contributed by atoms with Crippen LogP contribution in [0.3, 0.4) is 0 Å². The monoisotopic (exact) mass is 1140 g/mol. The van der Waals surface area contributed by atoms with Crippen molar-refractivity contribution in [1.29, 1.82) is 0 Å². The van der Waals surface area contributed by atoms with E-state index in [-0.39, 0.29) is 32.0 Å². The summed E-state index contributed by atoms with van der Waals surface area (Å²) in [5, 5.41) is 0. The van der Waals surface area contributed by atoms with Gasteiger partial charge in [-0.05, 0) is 64.2 Å². The molecule has 466 valence electrons. The number of esters is 2. The minimum atomic E-state index is -4.65. The van der Waals surface area contributed by atoms with Crippen molar-refractivity contribution in [2.75, 3.05) is 47.5 Å². The second-order valence-electron chi connectivity index (χ2n) is 23.8. The molecule has 2 unspecified atom stereocenters. The summed E-state index contributed by atoms with van der Waals surface area (Å²) in [5.74, 6) is -0.854. The van der Waals surface area contributed by atoms with Crippen molar-refractivity contribution in [1.82, 2.24) is 0 Å². The van der Waals surface area contributed by atoms with Crippen LogP contribution in [0.5, 0.6) is 0 Å². The Balaban J connectivity index is 4.04. The summed E-state index contributed by atoms with van der Waals surface area (Å²) in [6, 6.07) is 0. The summed E-state index contributed by atoms with van der Waals surface area (Å²) in [5.41, 5.74) is 0. The van der Waals surface area contributed by atoms with Crippen molar-refractivity contribution in [3.05, 3.63) is 72.9 Å². The fourth-order valence-corrected chi connectivity index (χ4v) is 10.3. The topological polar surface area (TPSA) is 111 Å². The molecule has 0 heterocycles. The van der Waals surface area contributed by atoms with Gasteiger partial charge in [0, 0.05) is 12.8 Å². The number of unbranched alkanes of at least 4 members (excludes halogenated alkanes) is 36. The number of allylic oxidation sites excluding steroid dienone is 12. The van der Waals surface area contributed by atoms with Gasteiger partial charge in [-0.1, -0.05) is 305 Å². The first-order valence-electron chi connectivity index (χ1n) is 33.6. The van der Waals surface area contributed by atoms with E-state index in [1.165, 1.54) is 193 Å². The van der Waals surface area contributed by atoms with Crippen LogP contribution < -0.4 is 4.89 Å². The molecule has 0 saturated heterocycles. The lowest BCUT2D eigenvalue weighted by Gasteiger charge is -2.28. The highest BCUT2D eigenvalue weighted by Gasteiger charge is 2.22. The Morgan fingerprint density at radius 1 is 0.400 bits per heavy atom. The largest absolute Gasteiger partial charge is 0.756 e. The standard InChI is InChI=1S/C70H128NO8P/c1-6-8-10-12-14-16-18-20-22-24-26-28-30-31-32-33-34-35-36-37-38-39-41-42-44-46-48-50-52-54-56-58-60-62-69(72)76-66-68(67-78-80(74,75)77-65-64-71(3,4)5)79-70(73)63-61-59-57-55-53-51-49-47-45-43-40-29-27-25-23-21-19-17-15-13-11-9-7-2/h9,11,15,17,21,23,27,29,43,45,49,51,68H,6-8,10,12-14,16,18-20,22,24-26,28,30-42,44,46-48,50,52-67H2,1-5H3/b11-9-,17-15-,23-21-,29-27-,45-43-,51-49-. The molecule has 0 bridgehead atoms. The van der Waals surface area contributed by atoms with E-state index in [9.17, 15) is 19.0 Å². The van der Waals surface area contributed by atoms with Crippen LogP contribution in [0.25, 0.3) is 0 Å². The van der Waals surface area contributed by atoms with Crippen LogP contribution in [0, 0.1) is 0 Å². The fourth-order valence-electron chi connectivity index (χ4n) is 9.60. The van der Waals surface area contributed by atoms with Crippen molar-refractivity contribution in [2.24, 2.45) is 0 Å². The van der Waals surface area contributed by atoms with Crippen LogP contribution in [0.4, 0.5) is 0 Å². The summed E-state index contributed by atoms with van der Waals surface area (Å²) in [6.45, 7) is 4.13. The number of quaternary nitrogens is 1. The van der Waals surface area contributed by atoms with Crippen molar-refractivity contribution in [2.45, 2.75) is 315 Å². The molecule has 9 nitrogen and oxygen atoms in total. The molecule has 0 aromatic rings. The molecule has 80 heavy (non-hydrogen) atoms. The summed E-state index contributed by atoms with van der Waals surface area (Å²) < 4.78 is 34.2. The van der Waals surface area contributed by atoms with Gasteiger partial charge in [-0.25, -0.2) is 0 Å². The molecule has 0 aliphatic carbocycles. The molecule has 10 heteroatoms. The molecule has 0 aromatic carbocycles. The first kappa shape index (κ1) is 77.5. The van der Waals surface area contributed by atoms with Crippen LogP contribution >= 0.6 is 7.82 Å². The van der Waals surface area contributed by atoms with Crippen molar-refractivity contribution >= 4 is 19.8 Å². The Hall–Kier alpha value is -2.55. The third-order valence-electron chi connectivity index (χ3n) is 14.7. The van der Waals surface area contributed by atoms with Gasteiger partial charge in [0.2, 0.25) is 0 Å². The van der Waals surface area contributed by atoms with Crippen molar-refractivity contribution < 1.29 is 42.1 Å². The van der Waals surface area contributed by atoms with E-state index in [0.29, 0.717) is 17.4 Å². The summed E-state index contributed by atoms with van der Waals surface area (Å²) in [4.78, 5) is 38.0. The van der Waals surface area contributed by atoms with E-state index < -0.39 is 26.5 Å². The van der Waals surface area contributed by atoms with E-state index in [0.717, 1.165) is 83.5 Å². The lowest BCUT2D eigenvalue weighted by Crippen LogP contribution is -2.37. The molecule has 2 atom stereocenters. The quantitative estimate of drug-likeness (QED) is 0.0195. The number of phosphoric acid groups is 1. The predicted molar refractivity (Wildman–Crippen MR) is 342 cm³/mol. The number of hydrogen-bond acceptors (Lipinski definition) is 8. The highest BCUT2D eigenvalue weighted by molar-refractivity contribution is 7.45.